The van der Waals surface area contributed by atoms with Gasteiger partial charge in [0, 0.05) is 16.1 Å². The van der Waals surface area contributed by atoms with E-state index in [1.807, 2.05) is 18.2 Å². The third-order valence-electron chi connectivity index (χ3n) is 4.89. The fraction of sp³-hybridized carbons (Fsp3) is 0.222. The summed E-state index contributed by atoms with van der Waals surface area (Å²) in [6.07, 6.45) is 5.34. The number of allylic oxidation sites excluding steroid dienone is 2. The van der Waals surface area contributed by atoms with E-state index in [9.17, 15) is 8.42 Å². The largest absolute Gasteiger partial charge is 0.378 e. The quantitative estimate of drug-likeness (QED) is 0.744. The molecule has 2 aromatic carbocycles. The van der Waals surface area contributed by atoms with E-state index >= 15 is 0 Å². The van der Waals surface area contributed by atoms with Gasteiger partial charge in [-0.25, -0.2) is 13.6 Å². The van der Waals surface area contributed by atoms with Crippen LogP contribution < -0.4 is 10.5 Å². The number of primary sulfonamides is 1. The van der Waals surface area contributed by atoms with Crippen molar-refractivity contribution in [3.8, 4) is 0 Å². The number of nitrogens with one attached hydrogen (secondary N) is 1. The predicted octanol–water partition coefficient (Wildman–Crippen LogP) is 3.92. The van der Waals surface area contributed by atoms with Gasteiger partial charge in [-0.05, 0) is 53.8 Å². The van der Waals surface area contributed by atoms with Crippen LogP contribution in [0.3, 0.4) is 0 Å². The maximum atomic E-state index is 11.7. The van der Waals surface area contributed by atoms with E-state index in [2.05, 4.69) is 45.5 Å². The number of rotatable bonds is 2. The van der Waals surface area contributed by atoms with E-state index in [0.717, 1.165) is 22.1 Å². The lowest BCUT2D eigenvalue weighted by Crippen LogP contribution is -2.29. The standard InChI is InChI=1S/C18H17BrN2O2S/c19-12-6-4-11(5-7-12)18-15-3-1-2-14(15)16-10-13(24(20,22)23)8-9-17(16)21-18/h1-2,4-10,14-15,18,21H,3H2,(H2,20,22,23)/t14-,15-,18+/m0/s1. The van der Waals surface area contributed by atoms with Gasteiger partial charge in [-0.3, -0.25) is 0 Å². The summed E-state index contributed by atoms with van der Waals surface area (Å²) < 4.78 is 24.4. The van der Waals surface area contributed by atoms with Crippen LogP contribution in [-0.4, -0.2) is 8.42 Å². The van der Waals surface area contributed by atoms with Crippen molar-refractivity contribution in [2.45, 2.75) is 23.3 Å². The summed E-state index contributed by atoms with van der Waals surface area (Å²) in [5.74, 6) is 0.575. The number of hydrogen-bond acceptors (Lipinski definition) is 3. The minimum atomic E-state index is -3.69. The van der Waals surface area contributed by atoms with Crippen LogP contribution >= 0.6 is 15.9 Å². The third kappa shape index (κ3) is 2.68. The molecular formula is C18H17BrN2O2S. The van der Waals surface area contributed by atoms with Crippen LogP contribution in [0.2, 0.25) is 0 Å². The van der Waals surface area contributed by atoms with Crippen molar-refractivity contribution in [1.82, 2.24) is 0 Å². The topological polar surface area (TPSA) is 72.2 Å². The molecular weight excluding hydrogens is 388 g/mol. The lowest BCUT2D eigenvalue weighted by Gasteiger charge is -2.37. The van der Waals surface area contributed by atoms with Crippen molar-refractivity contribution in [2.24, 2.45) is 11.1 Å². The Morgan fingerprint density at radius 3 is 2.58 bits per heavy atom. The molecule has 3 N–H and O–H groups in total. The van der Waals surface area contributed by atoms with E-state index in [-0.39, 0.29) is 16.9 Å². The van der Waals surface area contributed by atoms with Crippen molar-refractivity contribution in [3.63, 3.8) is 0 Å². The molecule has 0 saturated carbocycles. The Labute approximate surface area is 149 Å². The normalized spacial score (nSPS) is 25.0. The number of halogens is 1. The molecule has 4 nitrogen and oxygen atoms in total. The number of benzene rings is 2. The second kappa shape index (κ2) is 5.72. The molecule has 4 rings (SSSR count). The number of sulfonamides is 1. The molecule has 1 aliphatic heterocycles. The lowest BCUT2D eigenvalue weighted by molar-refractivity contribution is 0.425. The van der Waals surface area contributed by atoms with Gasteiger partial charge in [0.25, 0.3) is 0 Å². The molecule has 124 valence electrons. The molecule has 0 fully saturated rings. The zero-order valence-electron chi connectivity index (χ0n) is 12.8. The summed E-state index contributed by atoms with van der Waals surface area (Å²) >= 11 is 3.48. The van der Waals surface area contributed by atoms with E-state index < -0.39 is 10.0 Å². The van der Waals surface area contributed by atoms with Gasteiger partial charge in [0.05, 0.1) is 10.9 Å². The van der Waals surface area contributed by atoms with Crippen LogP contribution in [0, 0.1) is 5.92 Å². The highest BCUT2D eigenvalue weighted by molar-refractivity contribution is 9.10. The molecule has 0 radical (unpaired) electrons. The predicted molar refractivity (Wildman–Crippen MR) is 98.3 cm³/mol. The summed E-state index contributed by atoms with van der Waals surface area (Å²) in [7, 11) is -3.69. The van der Waals surface area contributed by atoms with Crippen molar-refractivity contribution < 1.29 is 8.42 Å². The molecule has 1 aliphatic carbocycles. The monoisotopic (exact) mass is 404 g/mol. The van der Waals surface area contributed by atoms with Crippen LogP contribution in [0.25, 0.3) is 0 Å². The molecule has 0 unspecified atom stereocenters. The molecule has 0 spiro atoms. The Kier molecular flexibility index (Phi) is 3.78. The maximum absolute atomic E-state index is 11.7. The second-order valence-corrected chi connectivity index (χ2v) is 8.80. The summed E-state index contributed by atoms with van der Waals surface area (Å²) in [5.41, 5.74) is 3.22. The molecule has 1 heterocycles. The third-order valence-corrected chi connectivity index (χ3v) is 6.33. The smallest absolute Gasteiger partial charge is 0.238 e. The SMILES string of the molecule is NS(=O)(=O)c1ccc2c(c1)[C@H]1C=CC[C@@H]1[C@@H](c1ccc(Br)cc1)N2. The van der Waals surface area contributed by atoms with E-state index in [1.54, 1.807) is 12.1 Å². The number of nitrogens with two attached hydrogens (primary N) is 1. The molecule has 0 amide bonds. The Balaban J connectivity index is 1.79. The van der Waals surface area contributed by atoms with Gasteiger partial charge < -0.3 is 5.32 Å². The van der Waals surface area contributed by atoms with Crippen LogP contribution in [0.5, 0.6) is 0 Å². The first-order chi connectivity index (χ1) is 11.4. The van der Waals surface area contributed by atoms with Gasteiger partial charge >= 0.3 is 0 Å². The Bertz CT molecular complexity index is 923. The average Bonchev–Trinajstić information content (AvgIpc) is 3.03. The van der Waals surface area contributed by atoms with Crippen molar-refractivity contribution >= 4 is 31.6 Å². The molecule has 0 aromatic heterocycles. The van der Waals surface area contributed by atoms with Gasteiger partial charge in [0.15, 0.2) is 0 Å². The first-order valence-corrected chi connectivity index (χ1v) is 10.1. The minimum absolute atomic E-state index is 0.171. The van der Waals surface area contributed by atoms with Gasteiger partial charge in [-0.2, -0.15) is 0 Å². The first-order valence-electron chi connectivity index (χ1n) is 7.79. The van der Waals surface area contributed by atoms with E-state index in [1.165, 1.54) is 5.56 Å². The summed E-state index contributed by atoms with van der Waals surface area (Å²) in [4.78, 5) is 0.171. The van der Waals surface area contributed by atoms with Gasteiger partial charge in [0.2, 0.25) is 10.0 Å². The molecule has 24 heavy (non-hydrogen) atoms. The fourth-order valence-electron chi connectivity index (χ4n) is 3.75. The van der Waals surface area contributed by atoms with Gasteiger partial charge in [-0.15, -0.1) is 0 Å². The van der Waals surface area contributed by atoms with Crippen LogP contribution in [0.15, 0.2) is 64.0 Å². The second-order valence-electron chi connectivity index (χ2n) is 6.32. The molecule has 0 bridgehead atoms. The van der Waals surface area contributed by atoms with E-state index in [0.29, 0.717) is 5.92 Å². The Morgan fingerprint density at radius 2 is 1.88 bits per heavy atom. The van der Waals surface area contributed by atoms with Gasteiger partial charge in [0.1, 0.15) is 0 Å². The average molecular weight is 405 g/mol. The molecule has 0 saturated heterocycles. The summed E-state index contributed by atoms with van der Waals surface area (Å²) in [6.45, 7) is 0. The summed E-state index contributed by atoms with van der Waals surface area (Å²) in [6, 6.07) is 13.7. The number of fused-ring (bicyclic) bond motifs is 3. The zero-order valence-corrected chi connectivity index (χ0v) is 15.2. The number of anilines is 1. The van der Waals surface area contributed by atoms with Crippen LogP contribution in [0.4, 0.5) is 5.69 Å². The summed E-state index contributed by atoms with van der Waals surface area (Å²) in [5, 5.41) is 8.88. The highest BCUT2D eigenvalue weighted by Gasteiger charge is 2.38. The van der Waals surface area contributed by atoms with E-state index in [4.69, 9.17) is 5.14 Å². The minimum Gasteiger partial charge on any atom is -0.378 e. The van der Waals surface area contributed by atoms with Crippen molar-refractivity contribution in [3.05, 3.63) is 70.2 Å². The highest BCUT2D eigenvalue weighted by Crippen LogP contribution is 2.50. The fourth-order valence-corrected chi connectivity index (χ4v) is 4.56. The lowest BCUT2D eigenvalue weighted by atomic mass is 9.77. The molecule has 6 heteroatoms. The highest BCUT2D eigenvalue weighted by atomic mass is 79.9. The first kappa shape index (κ1) is 15.9. The van der Waals surface area contributed by atoms with Crippen LogP contribution in [0.1, 0.15) is 29.5 Å². The van der Waals surface area contributed by atoms with Gasteiger partial charge in [-0.1, -0.05) is 40.2 Å². The Hall–Kier alpha value is -1.63. The zero-order chi connectivity index (χ0) is 16.9. The Morgan fingerprint density at radius 1 is 1.12 bits per heavy atom. The molecule has 2 aliphatic rings. The molecule has 2 aromatic rings. The molecule has 3 atom stereocenters. The van der Waals surface area contributed by atoms with Crippen molar-refractivity contribution in [1.29, 1.82) is 0 Å². The van der Waals surface area contributed by atoms with Crippen molar-refractivity contribution in [2.75, 3.05) is 5.32 Å². The number of hydrogen-bond donors (Lipinski definition) is 2. The maximum Gasteiger partial charge on any atom is 0.238 e. The van der Waals surface area contributed by atoms with Crippen LogP contribution in [-0.2, 0) is 10.0 Å².